The van der Waals surface area contributed by atoms with E-state index >= 15 is 0 Å². The summed E-state index contributed by atoms with van der Waals surface area (Å²) < 4.78 is 13.6. The molecule has 0 radical (unpaired) electrons. The Bertz CT molecular complexity index is 944. The molecule has 1 aromatic heterocycles. The van der Waals surface area contributed by atoms with E-state index in [1.807, 2.05) is 37.3 Å². The monoisotopic (exact) mass is 380 g/mol. The van der Waals surface area contributed by atoms with Crippen LogP contribution < -0.4 is 4.74 Å². The van der Waals surface area contributed by atoms with Gasteiger partial charge in [0.05, 0.1) is 17.6 Å². The van der Waals surface area contributed by atoms with Crippen molar-refractivity contribution in [2.75, 3.05) is 19.8 Å². The normalized spacial score (nSPS) is 16.4. The number of aryl methyl sites for hydroxylation is 1. The zero-order chi connectivity index (χ0) is 19.5. The Hall–Kier alpha value is -2.37. The number of aliphatic hydroxyl groups is 1. The maximum Gasteiger partial charge on any atom is 0.122 e. The number of aromatic nitrogens is 2. The quantitative estimate of drug-likeness (QED) is 0.703. The molecule has 3 aromatic rings. The minimum absolute atomic E-state index is 0.254. The van der Waals surface area contributed by atoms with Gasteiger partial charge in [-0.05, 0) is 56.0 Å². The Morgan fingerprint density at radius 2 is 1.93 bits per heavy atom. The Balaban J connectivity index is 1.53. The second kappa shape index (κ2) is 8.33. The van der Waals surface area contributed by atoms with Crippen LogP contribution in [0.4, 0.5) is 0 Å². The standard InChI is InChI=1S/C23H28N2O3/c1-16-6-5-9-22(17(16)2)28-15-19(26)14-25-21-8-4-3-7-20(21)24-23(25)18-10-12-27-13-11-18/h3-9,18-19,26H,10-15H2,1-2H3. The lowest BCUT2D eigenvalue weighted by Crippen LogP contribution is -2.26. The summed E-state index contributed by atoms with van der Waals surface area (Å²) in [6, 6.07) is 14.1. The van der Waals surface area contributed by atoms with Gasteiger partial charge in [0.15, 0.2) is 0 Å². The zero-order valence-corrected chi connectivity index (χ0v) is 16.6. The van der Waals surface area contributed by atoms with Crippen molar-refractivity contribution in [3.63, 3.8) is 0 Å². The molecule has 1 aliphatic heterocycles. The van der Waals surface area contributed by atoms with Gasteiger partial charge < -0.3 is 19.1 Å². The van der Waals surface area contributed by atoms with Gasteiger partial charge in [-0.3, -0.25) is 0 Å². The number of fused-ring (bicyclic) bond motifs is 1. The van der Waals surface area contributed by atoms with Crippen molar-refractivity contribution in [3.05, 3.63) is 59.4 Å². The average molecular weight is 380 g/mol. The van der Waals surface area contributed by atoms with E-state index in [-0.39, 0.29) is 6.61 Å². The molecule has 1 atom stereocenters. The Morgan fingerprint density at radius 3 is 2.75 bits per heavy atom. The van der Waals surface area contributed by atoms with Crippen LogP contribution in [0.3, 0.4) is 0 Å². The minimum Gasteiger partial charge on any atom is -0.491 e. The zero-order valence-electron chi connectivity index (χ0n) is 16.6. The molecule has 148 valence electrons. The summed E-state index contributed by atoms with van der Waals surface area (Å²) in [5.41, 5.74) is 4.35. The summed E-state index contributed by atoms with van der Waals surface area (Å²) >= 11 is 0. The van der Waals surface area contributed by atoms with Crippen LogP contribution in [0.2, 0.25) is 0 Å². The van der Waals surface area contributed by atoms with Crippen LogP contribution in [-0.2, 0) is 11.3 Å². The number of nitrogens with zero attached hydrogens (tertiary/aromatic N) is 2. The van der Waals surface area contributed by atoms with E-state index in [1.54, 1.807) is 0 Å². The van der Waals surface area contributed by atoms with E-state index in [2.05, 4.69) is 23.6 Å². The summed E-state index contributed by atoms with van der Waals surface area (Å²) in [5.74, 6) is 2.25. The Kier molecular flexibility index (Phi) is 5.64. The first-order chi connectivity index (χ1) is 13.6. The molecule has 2 aromatic carbocycles. The third-order valence-electron chi connectivity index (χ3n) is 5.65. The molecule has 1 aliphatic rings. The van der Waals surface area contributed by atoms with Crippen LogP contribution in [0.15, 0.2) is 42.5 Å². The van der Waals surface area contributed by atoms with E-state index in [9.17, 15) is 5.11 Å². The number of hydrogen-bond acceptors (Lipinski definition) is 4. The number of ether oxygens (including phenoxy) is 2. The molecule has 0 amide bonds. The third kappa shape index (κ3) is 3.91. The van der Waals surface area contributed by atoms with Gasteiger partial charge in [-0.25, -0.2) is 4.98 Å². The predicted molar refractivity (Wildman–Crippen MR) is 110 cm³/mol. The van der Waals surface area contributed by atoms with E-state index < -0.39 is 6.10 Å². The van der Waals surface area contributed by atoms with Crippen LogP contribution in [0.1, 0.15) is 35.7 Å². The third-order valence-corrected chi connectivity index (χ3v) is 5.65. The number of rotatable bonds is 6. The largest absolute Gasteiger partial charge is 0.491 e. The average Bonchev–Trinajstić information content (AvgIpc) is 3.08. The lowest BCUT2D eigenvalue weighted by atomic mass is 9.99. The molecule has 4 rings (SSSR count). The fourth-order valence-corrected chi connectivity index (χ4v) is 3.88. The van der Waals surface area contributed by atoms with Crippen LogP contribution in [0.5, 0.6) is 5.75 Å². The summed E-state index contributed by atoms with van der Waals surface area (Å²) in [4.78, 5) is 4.89. The van der Waals surface area contributed by atoms with E-state index in [0.717, 1.165) is 54.2 Å². The maximum atomic E-state index is 10.7. The van der Waals surface area contributed by atoms with Crippen molar-refractivity contribution >= 4 is 11.0 Å². The minimum atomic E-state index is -0.615. The lowest BCUT2D eigenvalue weighted by molar-refractivity contribution is 0.0779. The molecule has 0 aliphatic carbocycles. The van der Waals surface area contributed by atoms with Gasteiger partial charge >= 0.3 is 0 Å². The van der Waals surface area contributed by atoms with E-state index in [1.165, 1.54) is 5.56 Å². The molecule has 1 N–H and O–H groups in total. The molecule has 1 fully saturated rings. The van der Waals surface area contributed by atoms with Gasteiger partial charge in [-0.15, -0.1) is 0 Å². The Morgan fingerprint density at radius 1 is 1.14 bits per heavy atom. The molecule has 28 heavy (non-hydrogen) atoms. The van der Waals surface area contributed by atoms with Crippen molar-refractivity contribution in [3.8, 4) is 5.75 Å². The molecule has 0 saturated carbocycles. The van der Waals surface area contributed by atoms with Gasteiger partial charge in [0, 0.05) is 19.1 Å². The van der Waals surface area contributed by atoms with Gasteiger partial charge in [-0.2, -0.15) is 0 Å². The highest BCUT2D eigenvalue weighted by molar-refractivity contribution is 5.76. The number of imidazole rings is 1. The maximum absolute atomic E-state index is 10.7. The first kappa shape index (κ1) is 19.0. The molecule has 0 bridgehead atoms. The fourth-order valence-electron chi connectivity index (χ4n) is 3.88. The summed E-state index contributed by atoms with van der Waals surface area (Å²) in [6.07, 6.45) is 1.33. The number of aliphatic hydroxyl groups excluding tert-OH is 1. The summed E-state index contributed by atoms with van der Waals surface area (Å²) in [5, 5.41) is 10.7. The first-order valence-electron chi connectivity index (χ1n) is 10.0. The van der Waals surface area contributed by atoms with Crippen LogP contribution in [0.25, 0.3) is 11.0 Å². The molecule has 5 heteroatoms. The van der Waals surface area contributed by atoms with Crippen LogP contribution in [-0.4, -0.2) is 40.6 Å². The molecular weight excluding hydrogens is 352 g/mol. The van der Waals surface area contributed by atoms with Crippen LogP contribution in [0, 0.1) is 13.8 Å². The van der Waals surface area contributed by atoms with Crippen molar-refractivity contribution in [2.24, 2.45) is 0 Å². The molecule has 2 heterocycles. The van der Waals surface area contributed by atoms with Crippen molar-refractivity contribution in [2.45, 2.75) is 45.3 Å². The summed E-state index contributed by atoms with van der Waals surface area (Å²) in [7, 11) is 0. The van der Waals surface area contributed by atoms with Crippen molar-refractivity contribution in [1.82, 2.24) is 9.55 Å². The molecular formula is C23H28N2O3. The lowest BCUT2D eigenvalue weighted by Gasteiger charge is -2.24. The van der Waals surface area contributed by atoms with Crippen molar-refractivity contribution in [1.29, 1.82) is 0 Å². The topological polar surface area (TPSA) is 56.5 Å². The second-order valence-corrected chi connectivity index (χ2v) is 7.62. The van der Waals surface area contributed by atoms with E-state index in [4.69, 9.17) is 14.5 Å². The smallest absolute Gasteiger partial charge is 0.122 e. The molecule has 1 unspecified atom stereocenters. The summed E-state index contributed by atoms with van der Waals surface area (Å²) in [6.45, 7) is 6.38. The Labute approximate surface area is 165 Å². The van der Waals surface area contributed by atoms with Gasteiger partial charge in [0.25, 0.3) is 0 Å². The van der Waals surface area contributed by atoms with Gasteiger partial charge in [0.2, 0.25) is 0 Å². The van der Waals surface area contributed by atoms with E-state index in [0.29, 0.717) is 12.5 Å². The van der Waals surface area contributed by atoms with Crippen LogP contribution >= 0.6 is 0 Å². The number of benzene rings is 2. The highest BCUT2D eigenvalue weighted by Gasteiger charge is 2.24. The number of para-hydroxylation sites is 2. The first-order valence-corrected chi connectivity index (χ1v) is 10.0. The number of hydrogen-bond donors (Lipinski definition) is 1. The van der Waals surface area contributed by atoms with Crippen molar-refractivity contribution < 1.29 is 14.6 Å². The fraction of sp³-hybridized carbons (Fsp3) is 0.435. The van der Waals surface area contributed by atoms with Gasteiger partial charge in [-0.1, -0.05) is 24.3 Å². The van der Waals surface area contributed by atoms with Gasteiger partial charge in [0.1, 0.15) is 24.3 Å². The molecule has 1 saturated heterocycles. The SMILES string of the molecule is Cc1cccc(OCC(O)Cn2c(C3CCOCC3)nc3ccccc32)c1C. The molecule has 5 nitrogen and oxygen atoms in total. The second-order valence-electron chi connectivity index (χ2n) is 7.62. The highest BCUT2D eigenvalue weighted by atomic mass is 16.5. The highest BCUT2D eigenvalue weighted by Crippen LogP contribution is 2.29. The predicted octanol–water partition coefficient (Wildman–Crippen LogP) is 3.99. The molecule has 0 spiro atoms.